The zero-order valence-corrected chi connectivity index (χ0v) is 38.1. The molecule has 6 aromatic rings. The first-order valence-corrected chi connectivity index (χ1v) is 21.4. The van der Waals surface area contributed by atoms with Crippen LogP contribution < -0.4 is 26.4 Å². The number of carbonyl (C=O) groups excluding carboxylic acids is 1. The van der Waals surface area contributed by atoms with Crippen molar-refractivity contribution in [3.63, 3.8) is 0 Å². The molecular formula is C49H32BF24NO. The van der Waals surface area contributed by atoms with Gasteiger partial charge in [0.2, 0.25) is 12.3 Å². The van der Waals surface area contributed by atoms with E-state index in [0.29, 0.717) is 12.5 Å². The third-order valence-electron chi connectivity index (χ3n) is 12.0. The Labute approximate surface area is 413 Å². The van der Waals surface area contributed by atoms with Crippen LogP contribution in [0.15, 0.2) is 128 Å². The first-order valence-electron chi connectivity index (χ1n) is 21.4. The third kappa shape index (κ3) is 14.0. The number of aromatic nitrogens is 1. The summed E-state index contributed by atoms with van der Waals surface area (Å²) in [5.74, 6) is 0.710. The summed E-state index contributed by atoms with van der Waals surface area (Å²) >= 11 is 0. The Morgan fingerprint density at radius 3 is 0.842 bits per heavy atom. The van der Waals surface area contributed by atoms with E-state index < -0.39 is 195 Å². The minimum absolute atomic E-state index is 0.141. The molecule has 0 spiro atoms. The summed E-state index contributed by atoms with van der Waals surface area (Å²) in [5.41, 5.74) is -28.1. The molecule has 5 aromatic carbocycles. The molecule has 0 saturated carbocycles. The largest absolute Gasteiger partial charge is 0.416 e. The molecule has 1 heterocycles. The number of pyridine rings is 1. The molecule has 0 saturated heterocycles. The van der Waals surface area contributed by atoms with Crippen molar-refractivity contribution in [2.45, 2.75) is 82.1 Å². The van der Waals surface area contributed by atoms with E-state index in [1.165, 1.54) is 5.56 Å². The van der Waals surface area contributed by atoms with Crippen LogP contribution in [0.1, 0.15) is 86.6 Å². The van der Waals surface area contributed by atoms with Crippen LogP contribution in [0, 0.1) is 0 Å². The molecule has 1 unspecified atom stereocenters. The van der Waals surface area contributed by atoms with Crippen molar-refractivity contribution in [1.82, 2.24) is 0 Å². The van der Waals surface area contributed by atoms with E-state index in [0.717, 1.165) is 12.0 Å². The third-order valence-corrected chi connectivity index (χ3v) is 12.0. The molecule has 0 radical (unpaired) electrons. The normalized spacial score (nSPS) is 13.8. The molecule has 6 rings (SSSR count). The minimum atomic E-state index is -6.13. The van der Waals surface area contributed by atoms with E-state index in [1.54, 1.807) is 0 Å². The molecule has 1 aromatic heterocycles. The van der Waals surface area contributed by atoms with E-state index in [1.807, 2.05) is 47.3 Å². The second-order valence-corrected chi connectivity index (χ2v) is 17.1. The summed E-state index contributed by atoms with van der Waals surface area (Å²) in [7, 11) is 0. The topological polar surface area (TPSA) is 20.9 Å². The predicted octanol–water partition coefficient (Wildman–Crippen LogP) is 14.6. The number of rotatable bonds is 9. The van der Waals surface area contributed by atoms with Gasteiger partial charge in [0.05, 0.1) is 44.5 Å². The minimum Gasteiger partial charge on any atom is -0.287 e. The van der Waals surface area contributed by atoms with Crippen molar-refractivity contribution in [3.05, 3.63) is 183 Å². The van der Waals surface area contributed by atoms with Crippen LogP contribution in [0.4, 0.5) is 105 Å². The Hall–Kier alpha value is -6.70. The van der Waals surface area contributed by atoms with Crippen LogP contribution in [0.25, 0.3) is 0 Å². The number of Topliss-reactive ketones (excluding diaryl/α,β-unsaturated/α-hetero) is 1. The predicted molar refractivity (Wildman–Crippen MR) is 226 cm³/mol. The summed E-state index contributed by atoms with van der Waals surface area (Å²) in [6, 6.07) is 4.82. The van der Waals surface area contributed by atoms with Gasteiger partial charge in [-0.05, 0) is 42.2 Å². The van der Waals surface area contributed by atoms with Gasteiger partial charge >= 0.3 is 49.4 Å². The molecule has 2 nitrogen and oxygen atoms in total. The smallest absolute Gasteiger partial charge is 0.287 e. The van der Waals surface area contributed by atoms with Crippen molar-refractivity contribution >= 4 is 33.8 Å². The Morgan fingerprint density at radius 2 is 0.632 bits per heavy atom. The second-order valence-electron chi connectivity index (χ2n) is 17.1. The van der Waals surface area contributed by atoms with Gasteiger partial charge < -0.3 is 0 Å². The average molecular weight is 1120 g/mol. The van der Waals surface area contributed by atoms with Gasteiger partial charge in [0, 0.05) is 17.7 Å². The number of halogens is 24. The standard InChI is InChI=1S/C32H12BF24.C17H20NO/c34-25(35,36)13-1-14(26(37,38)39)6-21(5-13)33(22-7-15(27(40,41)42)2-16(8-22)28(43,44)45,23-9-17(29(46,47)48)3-18(10-23)30(49,50)51)24-11-19(31(52,53)54)4-20(12-24)32(55,56)57;1-3-14(2)15-9-11-18(12-10-15)13-17(19)16-7-5-4-6-8-16/h1-12H;4-12,14H,3,13H2,1-2H3/q-1;+1. The number of hydrogen-bond donors (Lipinski definition) is 0. The van der Waals surface area contributed by atoms with Gasteiger partial charge in [-0.15, -0.1) is 0 Å². The molecular weight excluding hydrogens is 1090 g/mol. The number of carbonyl (C=O) groups is 1. The molecule has 0 aliphatic rings. The lowest BCUT2D eigenvalue weighted by atomic mass is 9.12. The lowest BCUT2D eigenvalue weighted by Gasteiger charge is -2.46. The van der Waals surface area contributed by atoms with Gasteiger partial charge in [0.1, 0.15) is 6.15 Å². The van der Waals surface area contributed by atoms with E-state index in [4.69, 9.17) is 0 Å². The maximum Gasteiger partial charge on any atom is 0.416 e. The molecule has 27 heteroatoms. The van der Waals surface area contributed by atoms with Crippen molar-refractivity contribution in [3.8, 4) is 0 Å². The monoisotopic (exact) mass is 1120 g/mol. The fourth-order valence-electron chi connectivity index (χ4n) is 8.09. The highest BCUT2D eigenvalue weighted by Crippen LogP contribution is 2.41. The highest BCUT2D eigenvalue weighted by molar-refractivity contribution is 7.20. The lowest BCUT2D eigenvalue weighted by molar-refractivity contribution is -0.683. The fourth-order valence-corrected chi connectivity index (χ4v) is 8.09. The van der Waals surface area contributed by atoms with Crippen LogP contribution in [-0.2, 0) is 56.0 Å². The maximum atomic E-state index is 14.2. The average Bonchev–Trinajstić information content (AvgIpc) is 3.29. The summed E-state index contributed by atoms with van der Waals surface area (Å²) in [4.78, 5) is 12.1. The number of benzene rings is 5. The van der Waals surface area contributed by atoms with Gasteiger partial charge in [0.15, 0.2) is 12.4 Å². The molecule has 0 bridgehead atoms. The molecule has 0 aliphatic heterocycles. The maximum absolute atomic E-state index is 14.2. The van der Waals surface area contributed by atoms with Crippen molar-refractivity contribution in [2.24, 2.45) is 0 Å². The Kier molecular flexibility index (Phi) is 16.6. The molecule has 0 N–H and O–H groups in total. The summed E-state index contributed by atoms with van der Waals surface area (Å²) in [5, 5.41) is 0. The van der Waals surface area contributed by atoms with Crippen molar-refractivity contribution in [1.29, 1.82) is 0 Å². The molecule has 410 valence electrons. The van der Waals surface area contributed by atoms with Crippen molar-refractivity contribution < 1.29 is 115 Å². The lowest BCUT2D eigenvalue weighted by Crippen LogP contribution is -2.75. The fraction of sp³-hybridized carbons (Fsp3) is 0.265. The second kappa shape index (κ2) is 21.0. The van der Waals surface area contributed by atoms with Gasteiger partial charge in [-0.2, -0.15) is 132 Å². The Bertz CT molecular complexity index is 2580. The van der Waals surface area contributed by atoms with Crippen LogP contribution >= 0.6 is 0 Å². The zero-order valence-electron chi connectivity index (χ0n) is 38.1. The first kappa shape index (κ1) is 60.2. The van der Waals surface area contributed by atoms with E-state index >= 15 is 0 Å². The molecule has 76 heavy (non-hydrogen) atoms. The van der Waals surface area contributed by atoms with Crippen LogP contribution in [0.2, 0.25) is 0 Å². The molecule has 0 amide bonds. The van der Waals surface area contributed by atoms with Crippen LogP contribution in [-0.4, -0.2) is 11.9 Å². The molecule has 0 aliphatic carbocycles. The van der Waals surface area contributed by atoms with Gasteiger partial charge in [-0.25, -0.2) is 0 Å². The van der Waals surface area contributed by atoms with Crippen LogP contribution in [0.5, 0.6) is 0 Å². The highest BCUT2D eigenvalue weighted by Gasteiger charge is 2.47. The number of ketones is 1. The van der Waals surface area contributed by atoms with Gasteiger partial charge in [0.25, 0.3) is 0 Å². The quantitative estimate of drug-likeness (QED) is 0.0612. The summed E-state index contributed by atoms with van der Waals surface area (Å²) in [6.07, 6.45) is -49.7. The summed E-state index contributed by atoms with van der Waals surface area (Å²) in [6.45, 7) is 4.80. The van der Waals surface area contributed by atoms with Gasteiger partial charge in [-0.1, -0.05) is 92.7 Å². The number of alkyl halides is 24. The molecule has 1 atom stereocenters. The highest BCUT2D eigenvalue weighted by atomic mass is 19.4. The number of nitrogens with zero attached hydrogens (tertiary/aromatic N) is 1. The molecule has 0 fully saturated rings. The van der Waals surface area contributed by atoms with E-state index in [-0.39, 0.29) is 5.78 Å². The summed E-state index contributed by atoms with van der Waals surface area (Å²) < 4.78 is 343. The Balaban J connectivity index is 0.000000468. The first-order chi connectivity index (χ1) is 34.5. The number of hydrogen-bond acceptors (Lipinski definition) is 1. The zero-order chi connectivity index (χ0) is 57.6. The van der Waals surface area contributed by atoms with E-state index in [2.05, 4.69) is 26.0 Å². The van der Waals surface area contributed by atoms with Gasteiger partial charge in [-0.3, -0.25) is 4.79 Å². The van der Waals surface area contributed by atoms with Crippen LogP contribution in [0.3, 0.4) is 0 Å². The van der Waals surface area contributed by atoms with E-state index in [9.17, 15) is 110 Å². The van der Waals surface area contributed by atoms with Crippen molar-refractivity contribution in [2.75, 3.05) is 0 Å². The SMILES string of the molecule is CCC(C)c1cc[n+](CC(=O)c2ccccc2)cc1.FC(F)(F)c1cc([B-](c2cc(C(F)(F)F)cc(C(F)(F)F)c2)(c2cc(C(F)(F)F)cc(C(F)(F)F)c2)c2cc(C(F)(F)F)cc(C(F)(F)F)c2)cc(C(F)(F)F)c1. The Morgan fingerprint density at radius 1 is 0.395 bits per heavy atom.